The highest BCUT2D eigenvalue weighted by molar-refractivity contribution is 6.30. The van der Waals surface area contributed by atoms with E-state index < -0.39 is 0 Å². The van der Waals surface area contributed by atoms with E-state index >= 15 is 0 Å². The van der Waals surface area contributed by atoms with Crippen molar-refractivity contribution in [2.24, 2.45) is 0 Å². The molecule has 7 heteroatoms. The Morgan fingerprint density at radius 1 is 1.10 bits per heavy atom. The number of nitrogens with one attached hydrogen (secondary N) is 3. The largest absolute Gasteiger partial charge is 0.360 e. The average molecular weight is 430 g/mol. The van der Waals surface area contributed by atoms with Gasteiger partial charge in [-0.2, -0.15) is 0 Å². The third kappa shape index (κ3) is 5.52. The number of benzene rings is 2. The van der Waals surface area contributed by atoms with E-state index in [-0.39, 0.29) is 24.4 Å². The Morgan fingerprint density at radius 2 is 1.73 bits per heavy atom. The molecule has 160 valence electrons. The summed E-state index contributed by atoms with van der Waals surface area (Å²) in [6.45, 7) is 9.24. The normalized spacial score (nSPS) is 15.5. The maximum atomic E-state index is 12.6. The summed E-state index contributed by atoms with van der Waals surface area (Å²) in [6, 6.07) is 13.5. The highest BCUT2D eigenvalue weighted by Gasteiger charge is 2.29. The maximum Gasteiger partial charge on any atom is 0.278 e. The van der Waals surface area contributed by atoms with E-state index in [1.165, 1.54) is 4.90 Å². The van der Waals surface area contributed by atoms with E-state index in [4.69, 9.17) is 11.6 Å². The molecule has 1 heterocycles. The Morgan fingerprint density at radius 3 is 2.37 bits per heavy atom. The van der Waals surface area contributed by atoms with Crippen LogP contribution in [0.3, 0.4) is 0 Å². The van der Waals surface area contributed by atoms with Gasteiger partial charge in [0.25, 0.3) is 5.91 Å². The zero-order chi connectivity index (χ0) is 21.7. The van der Waals surface area contributed by atoms with Crippen LogP contribution in [0.2, 0.25) is 5.02 Å². The fraction of sp³-hybridized carbons (Fsp3) is 0.391. The van der Waals surface area contributed by atoms with Crippen molar-refractivity contribution in [2.45, 2.75) is 26.8 Å². The number of amides is 2. The molecule has 0 bridgehead atoms. The summed E-state index contributed by atoms with van der Waals surface area (Å²) in [7, 11) is 0. The lowest BCUT2D eigenvalue weighted by Crippen LogP contribution is -3.19. The van der Waals surface area contributed by atoms with E-state index in [0.717, 1.165) is 53.7 Å². The molecule has 1 saturated heterocycles. The molecular formula is C23H30ClN4O2+. The Bertz CT molecular complexity index is 890. The van der Waals surface area contributed by atoms with Crippen LogP contribution in [0.1, 0.15) is 18.1 Å². The second-order valence-electron chi connectivity index (χ2n) is 7.88. The predicted octanol–water partition coefficient (Wildman–Crippen LogP) is 1.81. The van der Waals surface area contributed by atoms with E-state index in [2.05, 4.69) is 21.6 Å². The molecule has 1 atom stereocenters. The molecule has 0 spiro atoms. The van der Waals surface area contributed by atoms with Crippen LogP contribution in [-0.4, -0.2) is 50.6 Å². The summed E-state index contributed by atoms with van der Waals surface area (Å²) < 4.78 is 0. The number of piperazine rings is 1. The second-order valence-corrected chi connectivity index (χ2v) is 8.32. The van der Waals surface area contributed by atoms with Crippen molar-refractivity contribution in [3.8, 4) is 0 Å². The van der Waals surface area contributed by atoms with Gasteiger partial charge in [0, 0.05) is 16.4 Å². The van der Waals surface area contributed by atoms with Gasteiger partial charge in [-0.05, 0) is 50.1 Å². The van der Waals surface area contributed by atoms with Gasteiger partial charge >= 0.3 is 0 Å². The van der Waals surface area contributed by atoms with Gasteiger partial charge in [0.1, 0.15) is 0 Å². The molecule has 1 aliphatic rings. The maximum absolute atomic E-state index is 12.6. The monoisotopic (exact) mass is 429 g/mol. The highest BCUT2D eigenvalue weighted by Crippen LogP contribution is 2.20. The lowest BCUT2D eigenvalue weighted by atomic mass is 10.1. The van der Waals surface area contributed by atoms with Crippen molar-refractivity contribution in [1.29, 1.82) is 0 Å². The van der Waals surface area contributed by atoms with Crippen LogP contribution >= 0.6 is 11.6 Å². The molecular weight excluding hydrogens is 400 g/mol. The van der Waals surface area contributed by atoms with Crippen molar-refractivity contribution < 1.29 is 14.5 Å². The average Bonchev–Trinajstić information content (AvgIpc) is 2.74. The Balaban J connectivity index is 1.46. The first-order valence-electron chi connectivity index (χ1n) is 10.3. The molecule has 2 aromatic rings. The number of rotatable bonds is 6. The van der Waals surface area contributed by atoms with Gasteiger partial charge in [-0.1, -0.05) is 35.9 Å². The third-order valence-electron chi connectivity index (χ3n) is 5.75. The molecule has 6 nitrogen and oxygen atoms in total. The lowest BCUT2D eigenvalue weighted by Gasteiger charge is -2.36. The number of aryl methyl sites for hydroxylation is 2. The van der Waals surface area contributed by atoms with E-state index in [9.17, 15) is 9.59 Å². The number of quaternary nitrogens is 1. The topological polar surface area (TPSA) is 65.9 Å². The summed E-state index contributed by atoms with van der Waals surface area (Å²) in [5.74, 6) is -0.313. The number of halogens is 1. The van der Waals surface area contributed by atoms with Gasteiger partial charge in [-0.3, -0.25) is 9.59 Å². The molecule has 3 rings (SSSR count). The smallest absolute Gasteiger partial charge is 0.278 e. The van der Waals surface area contributed by atoms with E-state index in [1.807, 2.05) is 57.2 Å². The predicted molar refractivity (Wildman–Crippen MR) is 121 cm³/mol. The van der Waals surface area contributed by atoms with Gasteiger partial charge in [0.2, 0.25) is 5.91 Å². The first-order chi connectivity index (χ1) is 14.3. The van der Waals surface area contributed by atoms with E-state index in [1.54, 1.807) is 0 Å². The Labute approximate surface area is 183 Å². The third-order valence-corrected chi connectivity index (χ3v) is 5.99. The molecule has 2 amide bonds. The number of carbonyl (C=O) groups excluding carboxylic acids is 2. The van der Waals surface area contributed by atoms with Gasteiger partial charge in [0.05, 0.1) is 32.7 Å². The van der Waals surface area contributed by atoms with Crippen LogP contribution in [-0.2, 0) is 9.59 Å². The standard InChI is InChI=1S/C23H29ClN4O2/c1-16-6-4-7-17(2)22(16)26-21(29)15-25-23(30)18(3)27-10-12-28(13-11-27)20-9-5-8-19(24)14-20/h4-9,14,18H,10-13,15H2,1-3H3,(H,25,30)(H,26,29)/p+1/t18-/m1/s1. The number of carbonyl (C=O) groups is 2. The van der Waals surface area contributed by atoms with Crippen LogP contribution in [0.15, 0.2) is 42.5 Å². The lowest BCUT2D eigenvalue weighted by molar-refractivity contribution is -0.914. The van der Waals surface area contributed by atoms with Gasteiger partial charge in [0.15, 0.2) is 6.04 Å². The minimum Gasteiger partial charge on any atom is -0.360 e. The molecule has 30 heavy (non-hydrogen) atoms. The van der Waals surface area contributed by atoms with Crippen LogP contribution < -0.4 is 20.4 Å². The minimum atomic E-state index is -0.214. The number of nitrogens with zero attached hydrogens (tertiary/aromatic N) is 1. The van der Waals surface area contributed by atoms with Gasteiger partial charge in [-0.15, -0.1) is 0 Å². The molecule has 1 fully saturated rings. The fourth-order valence-corrected chi connectivity index (χ4v) is 4.04. The van der Waals surface area contributed by atoms with Gasteiger partial charge < -0.3 is 20.4 Å². The molecule has 0 radical (unpaired) electrons. The molecule has 0 unspecified atom stereocenters. The zero-order valence-corrected chi connectivity index (χ0v) is 18.6. The van der Waals surface area contributed by atoms with Crippen LogP contribution in [0.4, 0.5) is 11.4 Å². The summed E-state index contributed by atoms with van der Waals surface area (Å²) in [5, 5.41) is 6.42. The minimum absolute atomic E-state index is 0.0289. The number of para-hydroxylation sites is 1. The summed E-state index contributed by atoms with van der Waals surface area (Å²) in [5.41, 5.74) is 3.93. The van der Waals surface area contributed by atoms with Crippen LogP contribution in [0.25, 0.3) is 0 Å². The summed E-state index contributed by atoms with van der Waals surface area (Å²) >= 11 is 6.10. The van der Waals surface area contributed by atoms with Crippen molar-refractivity contribution >= 4 is 34.8 Å². The number of hydrogen-bond donors (Lipinski definition) is 3. The quantitative estimate of drug-likeness (QED) is 0.656. The molecule has 0 aromatic heterocycles. The molecule has 1 aliphatic heterocycles. The zero-order valence-electron chi connectivity index (χ0n) is 17.8. The van der Waals surface area contributed by atoms with Crippen molar-refractivity contribution in [3.63, 3.8) is 0 Å². The number of hydrogen-bond acceptors (Lipinski definition) is 3. The van der Waals surface area contributed by atoms with Crippen molar-refractivity contribution in [2.75, 3.05) is 42.9 Å². The first kappa shape index (κ1) is 22.1. The molecule has 3 N–H and O–H groups in total. The van der Waals surface area contributed by atoms with Crippen molar-refractivity contribution in [3.05, 3.63) is 58.6 Å². The van der Waals surface area contributed by atoms with E-state index in [0.29, 0.717) is 0 Å². The van der Waals surface area contributed by atoms with Crippen LogP contribution in [0, 0.1) is 13.8 Å². The second kappa shape index (κ2) is 9.96. The van der Waals surface area contributed by atoms with Gasteiger partial charge in [-0.25, -0.2) is 0 Å². The fourth-order valence-electron chi connectivity index (χ4n) is 3.86. The molecule has 0 aliphatic carbocycles. The van der Waals surface area contributed by atoms with Crippen molar-refractivity contribution in [1.82, 2.24) is 5.32 Å². The Hall–Kier alpha value is -2.57. The summed E-state index contributed by atoms with van der Waals surface area (Å²) in [6.07, 6.45) is 0. The number of anilines is 2. The SMILES string of the molecule is Cc1cccc(C)c1NC(=O)CNC(=O)[C@@H](C)[NH+]1CCN(c2cccc(Cl)c2)CC1. The summed E-state index contributed by atoms with van der Waals surface area (Å²) in [4.78, 5) is 28.4. The highest BCUT2D eigenvalue weighted by atomic mass is 35.5. The molecule has 0 saturated carbocycles. The Kier molecular flexibility index (Phi) is 7.34. The molecule has 2 aromatic carbocycles. The van der Waals surface area contributed by atoms with Crippen LogP contribution in [0.5, 0.6) is 0 Å². The first-order valence-corrected chi connectivity index (χ1v) is 10.7.